The first-order valence-electron chi connectivity index (χ1n) is 6.80. The van der Waals surface area contributed by atoms with Crippen LogP contribution in [-0.2, 0) is 14.3 Å². The number of nitrogens with one attached hydrogen (secondary N) is 1. The summed E-state index contributed by atoms with van der Waals surface area (Å²) >= 11 is 0. The normalized spacial score (nSPS) is 40.1. The molecule has 0 bridgehead atoms. The van der Waals surface area contributed by atoms with Gasteiger partial charge in [0.2, 0.25) is 5.91 Å². The second-order valence-corrected chi connectivity index (χ2v) is 5.30. The van der Waals surface area contributed by atoms with Crippen molar-refractivity contribution in [2.24, 2.45) is 5.92 Å². The predicted octanol–water partition coefficient (Wildman–Crippen LogP) is 0.458. The minimum atomic E-state index is -0.920. The molecule has 2 aliphatic heterocycles. The SMILES string of the molecule is CCC1OCCC1C(=O)NCC1(O)CCOC1C. The Balaban J connectivity index is 1.84. The van der Waals surface area contributed by atoms with Gasteiger partial charge in [0.1, 0.15) is 5.60 Å². The molecule has 0 saturated carbocycles. The second-order valence-electron chi connectivity index (χ2n) is 5.30. The van der Waals surface area contributed by atoms with Crippen LogP contribution in [-0.4, -0.2) is 48.6 Å². The van der Waals surface area contributed by atoms with Gasteiger partial charge < -0.3 is 19.9 Å². The van der Waals surface area contributed by atoms with Gasteiger partial charge in [-0.05, 0) is 19.8 Å². The Kier molecular flexibility index (Phi) is 4.25. The maximum atomic E-state index is 12.1. The van der Waals surface area contributed by atoms with Gasteiger partial charge >= 0.3 is 0 Å². The van der Waals surface area contributed by atoms with Crippen LogP contribution in [0.25, 0.3) is 0 Å². The van der Waals surface area contributed by atoms with E-state index >= 15 is 0 Å². The van der Waals surface area contributed by atoms with E-state index in [2.05, 4.69) is 5.32 Å². The lowest BCUT2D eigenvalue weighted by Gasteiger charge is -2.27. The molecular weight excluding hydrogens is 234 g/mol. The van der Waals surface area contributed by atoms with Crippen LogP contribution >= 0.6 is 0 Å². The van der Waals surface area contributed by atoms with Crippen molar-refractivity contribution in [1.29, 1.82) is 0 Å². The van der Waals surface area contributed by atoms with Gasteiger partial charge in [0.15, 0.2) is 0 Å². The van der Waals surface area contributed by atoms with Crippen molar-refractivity contribution in [2.45, 2.75) is 50.9 Å². The Hall–Kier alpha value is -0.650. The molecule has 0 aromatic carbocycles. The topological polar surface area (TPSA) is 67.8 Å². The average Bonchev–Trinajstić information content (AvgIpc) is 2.95. The van der Waals surface area contributed by atoms with Crippen molar-refractivity contribution in [3.63, 3.8) is 0 Å². The van der Waals surface area contributed by atoms with Gasteiger partial charge in [0.25, 0.3) is 0 Å². The molecule has 5 nitrogen and oxygen atoms in total. The highest BCUT2D eigenvalue weighted by Gasteiger charge is 2.41. The van der Waals surface area contributed by atoms with Crippen LogP contribution in [0, 0.1) is 5.92 Å². The van der Waals surface area contributed by atoms with Crippen molar-refractivity contribution in [2.75, 3.05) is 19.8 Å². The smallest absolute Gasteiger partial charge is 0.225 e. The molecule has 2 fully saturated rings. The Morgan fingerprint density at radius 2 is 2.22 bits per heavy atom. The second kappa shape index (κ2) is 5.55. The van der Waals surface area contributed by atoms with Crippen LogP contribution in [0.15, 0.2) is 0 Å². The fraction of sp³-hybridized carbons (Fsp3) is 0.923. The van der Waals surface area contributed by atoms with Crippen LogP contribution in [0.2, 0.25) is 0 Å². The van der Waals surface area contributed by atoms with Crippen LogP contribution in [0.3, 0.4) is 0 Å². The maximum Gasteiger partial charge on any atom is 0.225 e. The highest BCUT2D eigenvalue weighted by atomic mass is 16.5. The van der Waals surface area contributed by atoms with Gasteiger partial charge in [-0.25, -0.2) is 0 Å². The number of rotatable bonds is 4. The Morgan fingerprint density at radius 3 is 2.83 bits per heavy atom. The van der Waals surface area contributed by atoms with Gasteiger partial charge in [0, 0.05) is 26.2 Å². The first kappa shape index (κ1) is 13.8. The molecule has 2 saturated heterocycles. The van der Waals surface area contributed by atoms with E-state index in [1.165, 1.54) is 0 Å². The molecule has 4 unspecified atom stereocenters. The van der Waals surface area contributed by atoms with Crippen molar-refractivity contribution in [3.05, 3.63) is 0 Å². The zero-order valence-electron chi connectivity index (χ0n) is 11.1. The molecule has 0 aromatic heterocycles. The van der Waals surface area contributed by atoms with Crippen LogP contribution in [0.1, 0.15) is 33.1 Å². The molecule has 2 heterocycles. The van der Waals surface area contributed by atoms with Crippen LogP contribution in [0.4, 0.5) is 0 Å². The van der Waals surface area contributed by atoms with E-state index in [0.717, 1.165) is 12.8 Å². The Labute approximate surface area is 108 Å². The summed E-state index contributed by atoms with van der Waals surface area (Å²) in [4.78, 5) is 12.1. The standard InChI is InChI=1S/C13H23NO4/c1-3-11-10(4-6-18-11)12(15)14-8-13(16)5-7-17-9(13)2/h9-11,16H,3-8H2,1-2H3,(H,14,15). The summed E-state index contributed by atoms with van der Waals surface area (Å²) in [6.07, 6.45) is 2.00. The van der Waals surface area contributed by atoms with E-state index in [9.17, 15) is 9.90 Å². The molecule has 0 radical (unpaired) electrons. The summed E-state index contributed by atoms with van der Waals surface area (Å²) in [5.74, 6) is -0.0805. The number of aliphatic hydroxyl groups is 1. The van der Waals surface area contributed by atoms with Crippen molar-refractivity contribution < 1.29 is 19.4 Å². The number of amides is 1. The van der Waals surface area contributed by atoms with Gasteiger partial charge in [-0.2, -0.15) is 0 Å². The minimum absolute atomic E-state index is 0.00752. The first-order valence-corrected chi connectivity index (χ1v) is 6.80. The van der Waals surface area contributed by atoms with Crippen molar-refractivity contribution >= 4 is 5.91 Å². The summed E-state index contributed by atoms with van der Waals surface area (Å²) in [6, 6.07) is 0. The molecule has 2 rings (SSSR count). The van der Waals surface area contributed by atoms with Gasteiger partial charge in [-0.3, -0.25) is 4.79 Å². The zero-order valence-corrected chi connectivity index (χ0v) is 11.1. The third kappa shape index (κ3) is 2.68. The van der Waals surface area contributed by atoms with E-state index in [4.69, 9.17) is 9.47 Å². The van der Waals surface area contributed by atoms with Gasteiger partial charge in [-0.15, -0.1) is 0 Å². The Bertz CT molecular complexity index is 309. The highest BCUT2D eigenvalue weighted by molar-refractivity contribution is 5.79. The molecular formula is C13H23NO4. The molecule has 2 aliphatic rings. The largest absolute Gasteiger partial charge is 0.385 e. The summed E-state index contributed by atoms with van der Waals surface area (Å²) in [5.41, 5.74) is -0.920. The highest BCUT2D eigenvalue weighted by Crippen LogP contribution is 2.26. The van der Waals surface area contributed by atoms with Gasteiger partial charge in [-0.1, -0.05) is 6.92 Å². The minimum Gasteiger partial charge on any atom is -0.385 e. The van der Waals surface area contributed by atoms with E-state index in [1.807, 2.05) is 13.8 Å². The monoisotopic (exact) mass is 257 g/mol. The van der Waals surface area contributed by atoms with Crippen molar-refractivity contribution in [1.82, 2.24) is 5.32 Å². The lowest BCUT2D eigenvalue weighted by molar-refractivity contribution is -0.128. The summed E-state index contributed by atoms with van der Waals surface area (Å²) in [6.45, 7) is 5.33. The molecule has 1 amide bonds. The summed E-state index contributed by atoms with van der Waals surface area (Å²) in [7, 11) is 0. The number of hydrogen-bond donors (Lipinski definition) is 2. The number of ether oxygens (including phenoxy) is 2. The molecule has 18 heavy (non-hydrogen) atoms. The molecule has 0 aliphatic carbocycles. The molecule has 4 atom stereocenters. The quantitative estimate of drug-likeness (QED) is 0.767. The average molecular weight is 257 g/mol. The maximum absolute atomic E-state index is 12.1. The lowest BCUT2D eigenvalue weighted by atomic mass is 9.95. The zero-order chi connectivity index (χ0) is 13.2. The van der Waals surface area contributed by atoms with Crippen molar-refractivity contribution in [3.8, 4) is 0 Å². The molecule has 0 spiro atoms. The third-order valence-corrected chi connectivity index (χ3v) is 4.18. The Morgan fingerprint density at radius 1 is 1.44 bits per heavy atom. The predicted molar refractivity (Wildman–Crippen MR) is 66.1 cm³/mol. The van der Waals surface area contributed by atoms with E-state index in [0.29, 0.717) is 19.6 Å². The fourth-order valence-corrected chi connectivity index (χ4v) is 2.72. The van der Waals surface area contributed by atoms with Crippen LogP contribution < -0.4 is 5.32 Å². The molecule has 2 N–H and O–H groups in total. The molecule has 0 aromatic rings. The molecule has 5 heteroatoms. The molecule has 104 valence electrons. The van der Waals surface area contributed by atoms with E-state index < -0.39 is 5.60 Å². The summed E-state index contributed by atoms with van der Waals surface area (Å²) < 4.78 is 10.8. The third-order valence-electron chi connectivity index (χ3n) is 4.18. The number of carbonyl (C=O) groups excluding carboxylic acids is 1. The lowest BCUT2D eigenvalue weighted by Crippen LogP contribution is -2.49. The first-order chi connectivity index (χ1) is 8.57. The summed E-state index contributed by atoms with van der Waals surface area (Å²) in [5, 5.41) is 13.2. The van der Waals surface area contributed by atoms with E-state index in [1.54, 1.807) is 0 Å². The number of hydrogen-bond acceptors (Lipinski definition) is 4. The fourth-order valence-electron chi connectivity index (χ4n) is 2.72. The van der Waals surface area contributed by atoms with Crippen LogP contribution in [0.5, 0.6) is 0 Å². The number of carbonyl (C=O) groups is 1. The van der Waals surface area contributed by atoms with E-state index in [-0.39, 0.29) is 30.6 Å². The van der Waals surface area contributed by atoms with Gasteiger partial charge in [0.05, 0.1) is 18.1 Å².